The molecule has 4 heterocycles. The molecule has 0 radical (unpaired) electrons. The summed E-state index contributed by atoms with van der Waals surface area (Å²) >= 11 is 0. The Hall–Kier alpha value is -4.20. The quantitative estimate of drug-likeness (QED) is 0.336. The van der Waals surface area contributed by atoms with E-state index >= 15 is 0 Å². The normalized spacial score (nSPS) is 12.5. The maximum absolute atomic E-state index is 13.2. The van der Waals surface area contributed by atoms with Gasteiger partial charge in [0.2, 0.25) is 5.95 Å². The lowest BCUT2D eigenvalue weighted by molar-refractivity contribution is -0.141. The van der Waals surface area contributed by atoms with Gasteiger partial charge in [-0.2, -0.15) is 36.3 Å². The Labute approximate surface area is 205 Å². The molecule has 37 heavy (non-hydrogen) atoms. The highest BCUT2D eigenvalue weighted by molar-refractivity contribution is 5.62. The van der Waals surface area contributed by atoms with Crippen molar-refractivity contribution in [2.45, 2.75) is 31.8 Å². The number of nitrogens with one attached hydrogen (secondary N) is 1. The van der Waals surface area contributed by atoms with Crippen LogP contribution in [0.1, 0.15) is 30.8 Å². The first kappa shape index (κ1) is 25.9. The molecule has 0 unspecified atom stereocenters. The van der Waals surface area contributed by atoms with E-state index in [1.54, 1.807) is 6.07 Å². The minimum absolute atomic E-state index is 0.0828. The van der Waals surface area contributed by atoms with Crippen molar-refractivity contribution in [1.29, 1.82) is 0 Å². The smallest absolute Gasteiger partial charge is 0.386 e. The van der Waals surface area contributed by atoms with E-state index in [1.165, 1.54) is 38.2 Å². The van der Waals surface area contributed by atoms with Gasteiger partial charge in [-0.25, -0.2) is 9.97 Å². The highest BCUT2D eigenvalue weighted by Gasteiger charge is 2.33. The molecule has 0 saturated carbocycles. The SMILES string of the molecule is CC(C)(O)c1ccnc(-c2nc(Nc3ccnc(C(F)(F)F)c3)nc(-c3cccc(C(F)(F)F)n3)n2)c1. The largest absolute Gasteiger partial charge is 0.433 e. The van der Waals surface area contributed by atoms with Gasteiger partial charge in [0.1, 0.15) is 22.8 Å². The van der Waals surface area contributed by atoms with Crippen LogP contribution < -0.4 is 5.32 Å². The summed E-state index contributed by atoms with van der Waals surface area (Å²) in [6.45, 7) is 3.07. The second kappa shape index (κ2) is 9.35. The fourth-order valence-corrected chi connectivity index (χ4v) is 3.10. The molecule has 0 fully saturated rings. The third kappa shape index (κ3) is 6.14. The molecule has 4 rings (SSSR count). The molecule has 192 valence electrons. The molecule has 2 N–H and O–H groups in total. The summed E-state index contributed by atoms with van der Waals surface area (Å²) in [5, 5.41) is 12.9. The van der Waals surface area contributed by atoms with Gasteiger partial charge >= 0.3 is 12.4 Å². The average Bonchev–Trinajstić information content (AvgIpc) is 2.83. The number of hydrogen-bond donors (Lipinski definition) is 2. The highest BCUT2D eigenvalue weighted by atomic mass is 19.4. The monoisotopic (exact) mass is 521 g/mol. The summed E-state index contributed by atoms with van der Waals surface area (Å²) in [4.78, 5) is 23.5. The number of alkyl halides is 6. The average molecular weight is 521 g/mol. The van der Waals surface area contributed by atoms with E-state index in [2.05, 4.69) is 35.2 Å². The predicted octanol–water partition coefficient (Wildman–Crippen LogP) is 5.40. The molecule has 0 spiro atoms. The molecule has 0 aliphatic carbocycles. The predicted molar refractivity (Wildman–Crippen MR) is 119 cm³/mol. The van der Waals surface area contributed by atoms with Crippen LogP contribution in [-0.4, -0.2) is 35.0 Å². The summed E-state index contributed by atoms with van der Waals surface area (Å²) in [6, 6.07) is 8.10. The van der Waals surface area contributed by atoms with E-state index in [-0.39, 0.29) is 34.7 Å². The van der Waals surface area contributed by atoms with Crippen LogP contribution in [0.5, 0.6) is 0 Å². The molecule has 14 heteroatoms. The topological polar surface area (TPSA) is 110 Å². The zero-order chi connectivity index (χ0) is 27.0. The van der Waals surface area contributed by atoms with Crippen LogP contribution in [0.4, 0.5) is 38.0 Å². The lowest BCUT2D eigenvalue weighted by Gasteiger charge is -2.18. The summed E-state index contributed by atoms with van der Waals surface area (Å²) < 4.78 is 78.9. The standard InChI is InChI=1S/C23H17F6N7O/c1-21(2,37)12-6-8-30-15(10-12)19-34-18(14-4-3-5-16(33-14)22(24,25)26)35-20(36-19)32-13-7-9-31-17(11-13)23(27,28)29/h3-11,37H,1-2H3,(H,31,32,34,35,36). The molecule has 0 bridgehead atoms. The van der Waals surface area contributed by atoms with Gasteiger partial charge in [0.15, 0.2) is 11.6 Å². The molecule has 4 aromatic rings. The molecule has 0 atom stereocenters. The zero-order valence-electron chi connectivity index (χ0n) is 19.1. The second-order valence-corrected chi connectivity index (χ2v) is 8.25. The maximum Gasteiger partial charge on any atom is 0.433 e. The molecule has 0 aromatic carbocycles. The number of aromatic nitrogens is 6. The van der Waals surface area contributed by atoms with Crippen molar-refractivity contribution in [1.82, 2.24) is 29.9 Å². The van der Waals surface area contributed by atoms with Crippen molar-refractivity contribution in [3.63, 3.8) is 0 Å². The van der Waals surface area contributed by atoms with Crippen molar-refractivity contribution >= 4 is 11.6 Å². The summed E-state index contributed by atoms with van der Waals surface area (Å²) in [7, 11) is 0. The van der Waals surface area contributed by atoms with Gasteiger partial charge in [0, 0.05) is 18.1 Å². The van der Waals surface area contributed by atoms with Crippen LogP contribution >= 0.6 is 0 Å². The van der Waals surface area contributed by atoms with Crippen LogP contribution in [0.2, 0.25) is 0 Å². The number of rotatable bonds is 5. The van der Waals surface area contributed by atoms with Crippen LogP contribution in [0.15, 0.2) is 54.9 Å². The van der Waals surface area contributed by atoms with E-state index in [0.29, 0.717) is 5.56 Å². The van der Waals surface area contributed by atoms with Crippen LogP contribution in [0.3, 0.4) is 0 Å². The van der Waals surface area contributed by atoms with E-state index in [4.69, 9.17) is 0 Å². The molecule has 8 nitrogen and oxygen atoms in total. The first-order chi connectivity index (χ1) is 17.2. The zero-order valence-corrected chi connectivity index (χ0v) is 19.1. The van der Waals surface area contributed by atoms with E-state index < -0.39 is 29.3 Å². The molecule has 4 aromatic heterocycles. The van der Waals surface area contributed by atoms with Crippen LogP contribution in [0.25, 0.3) is 23.0 Å². The first-order valence-electron chi connectivity index (χ1n) is 10.5. The molecular formula is C23H17F6N7O. The molecule has 0 aliphatic rings. The van der Waals surface area contributed by atoms with Crippen LogP contribution in [0, 0.1) is 0 Å². The first-order valence-corrected chi connectivity index (χ1v) is 10.5. The van der Waals surface area contributed by atoms with Gasteiger partial charge in [-0.3, -0.25) is 9.97 Å². The molecule has 0 amide bonds. The van der Waals surface area contributed by atoms with Crippen molar-refractivity contribution < 1.29 is 31.4 Å². The van der Waals surface area contributed by atoms with E-state index in [0.717, 1.165) is 24.4 Å². The molecule has 0 saturated heterocycles. The summed E-state index contributed by atoms with van der Waals surface area (Å²) in [5.41, 5.74) is -3.40. The fraction of sp³-hybridized carbons (Fsp3) is 0.217. The third-order valence-electron chi connectivity index (χ3n) is 4.91. The van der Waals surface area contributed by atoms with Crippen LogP contribution in [-0.2, 0) is 18.0 Å². The Balaban J connectivity index is 1.85. The van der Waals surface area contributed by atoms with Gasteiger partial charge in [0.25, 0.3) is 0 Å². The Morgan fingerprint density at radius 3 is 2.00 bits per heavy atom. The number of anilines is 2. The van der Waals surface area contributed by atoms with E-state index in [1.807, 2.05) is 0 Å². The van der Waals surface area contributed by atoms with Crippen molar-refractivity contribution in [2.75, 3.05) is 5.32 Å². The third-order valence-corrected chi connectivity index (χ3v) is 4.91. The van der Waals surface area contributed by atoms with Gasteiger partial charge in [0.05, 0.1) is 5.60 Å². The van der Waals surface area contributed by atoms with Crippen molar-refractivity contribution in [2.24, 2.45) is 0 Å². The van der Waals surface area contributed by atoms with Crippen molar-refractivity contribution in [3.05, 3.63) is 71.8 Å². The number of aliphatic hydroxyl groups is 1. The Morgan fingerprint density at radius 2 is 1.35 bits per heavy atom. The second-order valence-electron chi connectivity index (χ2n) is 8.25. The fourth-order valence-electron chi connectivity index (χ4n) is 3.10. The Morgan fingerprint density at radius 1 is 0.703 bits per heavy atom. The van der Waals surface area contributed by atoms with Gasteiger partial charge < -0.3 is 10.4 Å². The molecule has 0 aliphatic heterocycles. The van der Waals surface area contributed by atoms with Gasteiger partial charge in [-0.1, -0.05) is 6.07 Å². The lowest BCUT2D eigenvalue weighted by Crippen LogP contribution is -2.15. The Bertz CT molecular complexity index is 1360. The minimum atomic E-state index is -4.74. The van der Waals surface area contributed by atoms with Gasteiger partial charge in [-0.05, 0) is 55.8 Å². The lowest BCUT2D eigenvalue weighted by atomic mass is 9.99. The Kier molecular flexibility index (Phi) is 6.54. The summed E-state index contributed by atoms with van der Waals surface area (Å²) in [6.07, 6.45) is -7.14. The highest BCUT2D eigenvalue weighted by Crippen LogP contribution is 2.31. The van der Waals surface area contributed by atoms with E-state index in [9.17, 15) is 31.4 Å². The maximum atomic E-state index is 13.2. The van der Waals surface area contributed by atoms with Gasteiger partial charge in [-0.15, -0.1) is 0 Å². The van der Waals surface area contributed by atoms with Crippen molar-refractivity contribution in [3.8, 4) is 23.0 Å². The minimum Gasteiger partial charge on any atom is -0.386 e. The summed E-state index contributed by atoms with van der Waals surface area (Å²) in [5.74, 6) is -0.698. The number of hydrogen-bond acceptors (Lipinski definition) is 8. The molecular weight excluding hydrogens is 504 g/mol. The number of halogens is 6. The number of nitrogens with zero attached hydrogens (tertiary/aromatic N) is 6. The number of pyridine rings is 3.